The molecule has 0 bridgehead atoms. The lowest BCUT2D eigenvalue weighted by Crippen LogP contribution is -2.41. The molecular formula is C23H25N3O2S. The number of anilines is 1. The third-order valence-corrected chi connectivity index (χ3v) is 6.67. The summed E-state index contributed by atoms with van der Waals surface area (Å²) in [6.45, 7) is 6.17. The molecule has 2 N–H and O–H groups in total. The summed E-state index contributed by atoms with van der Waals surface area (Å²) in [4.78, 5) is 13.3. The van der Waals surface area contributed by atoms with Crippen LogP contribution in [0.4, 0.5) is 5.69 Å². The molecule has 2 atom stereocenters. The average Bonchev–Trinajstić information content (AvgIpc) is 3.10. The summed E-state index contributed by atoms with van der Waals surface area (Å²) in [6.07, 6.45) is 0. The van der Waals surface area contributed by atoms with E-state index in [1.54, 1.807) is 18.9 Å². The molecule has 6 heteroatoms. The number of hydrogen-bond donors (Lipinski definition) is 2. The molecule has 1 aromatic heterocycles. The Morgan fingerprint density at radius 1 is 1.03 bits per heavy atom. The number of aromatic nitrogens is 1. The Morgan fingerprint density at radius 3 is 2.48 bits per heavy atom. The predicted octanol–water partition coefficient (Wildman–Crippen LogP) is 4.82. The lowest BCUT2D eigenvalue weighted by atomic mass is 10.0. The number of fused-ring (bicyclic) bond motifs is 1. The molecule has 0 unspecified atom stereocenters. The standard InChI is InChI=1S/C23H25N3O2S/c1-14-5-9-18(13-15(14)2)24-23(27)22-21(17-7-10-19(28-4)11-8-17)25-26-16(3)6-12-20(26)29-22/h5-13,21-22,25H,1-4H3,(H,24,27)/t21-,22+/m1/s1. The van der Waals surface area contributed by atoms with Gasteiger partial charge in [-0.3, -0.25) is 9.47 Å². The van der Waals surface area contributed by atoms with Crippen LogP contribution in [0.3, 0.4) is 0 Å². The first-order valence-electron chi connectivity index (χ1n) is 9.60. The Hall–Kier alpha value is -2.86. The van der Waals surface area contributed by atoms with E-state index < -0.39 is 0 Å². The number of amides is 1. The molecule has 0 saturated carbocycles. The van der Waals surface area contributed by atoms with Crippen LogP contribution in [0.5, 0.6) is 5.75 Å². The Labute approximate surface area is 175 Å². The van der Waals surface area contributed by atoms with Gasteiger partial charge in [-0.1, -0.05) is 30.0 Å². The fraction of sp³-hybridized carbons (Fsp3) is 0.261. The molecule has 2 heterocycles. The number of carbonyl (C=O) groups excluding carboxylic acids is 1. The second kappa shape index (κ2) is 7.87. The SMILES string of the molecule is COc1ccc([C@H]2Nn3c(C)ccc3S[C@@H]2C(=O)Nc2ccc(C)c(C)c2)cc1. The highest BCUT2D eigenvalue weighted by atomic mass is 32.2. The first-order chi connectivity index (χ1) is 14.0. The van der Waals surface area contributed by atoms with E-state index >= 15 is 0 Å². The van der Waals surface area contributed by atoms with Gasteiger partial charge in [0.15, 0.2) is 0 Å². The minimum absolute atomic E-state index is 0.0170. The van der Waals surface area contributed by atoms with Crippen molar-refractivity contribution < 1.29 is 9.53 Å². The smallest absolute Gasteiger partial charge is 0.240 e. The van der Waals surface area contributed by atoms with E-state index in [4.69, 9.17) is 4.74 Å². The molecular weight excluding hydrogens is 382 g/mol. The number of nitrogens with zero attached hydrogens (tertiary/aromatic N) is 1. The molecule has 3 aromatic rings. The number of aryl methyl sites for hydroxylation is 3. The van der Waals surface area contributed by atoms with Gasteiger partial charge < -0.3 is 15.5 Å². The molecule has 0 saturated heterocycles. The van der Waals surface area contributed by atoms with Crippen molar-refractivity contribution in [3.8, 4) is 5.75 Å². The number of benzene rings is 2. The fourth-order valence-corrected chi connectivity index (χ4v) is 4.70. The fourth-order valence-electron chi connectivity index (χ4n) is 3.48. The van der Waals surface area contributed by atoms with Gasteiger partial charge in [0.1, 0.15) is 11.0 Å². The van der Waals surface area contributed by atoms with Gasteiger partial charge in [-0.05, 0) is 73.9 Å². The summed E-state index contributed by atoms with van der Waals surface area (Å²) in [6, 6.07) is 17.8. The molecule has 0 aliphatic carbocycles. The summed E-state index contributed by atoms with van der Waals surface area (Å²) in [5.41, 5.74) is 8.87. The molecule has 1 aliphatic rings. The minimum Gasteiger partial charge on any atom is -0.497 e. The van der Waals surface area contributed by atoms with E-state index in [-0.39, 0.29) is 17.2 Å². The highest BCUT2D eigenvalue weighted by Crippen LogP contribution is 2.39. The van der Waals surface area contributed by atoms with Crippen molar-refractivity contribution in [1.29, 1.82) is 0 Å². The molecule has 0 radical (unpaired) electrons. The van der Waals surface area contributed by atoms with Gasteiger partial charge in [-0.2, -0.15) is 0 Å². The summed E-state index contributed by atoms with van der Waals surface area (Å²) >= 11 is 1.58. The van der Waals surface area contributed by atoms with Gasteiger partial charge in [0.2, 0.25) is 5.91 Å². The molecule has 4 rings (SSSR count). The van der Waals surface area contributed by atoms with E-state index in [1.165, 1.54) is 5.56 Å². The van der Waals surface area contributed by atoms with Crippen LogP contribution in [0.25, 0.3) is 0 Å². The van der Waals surface area contributed by atoms with Crippen LogP contribution in [0.2, 0.25) is 0 Å². The zero-order chi connectivity index (χ0) is 20.5. The van der Waals surface area contributed by atoms with E-state index in [9.17, 15) is 4.79 Å². The van der Waals surface area contributed by atoms with Crippen LogP contribution >= 0.6 is 11.8 Å². The Kier molecular flexibility index (Phi) is 5.28. The zero-order valence-corrected chi connectivity index (χ0v) is 17.8. The highest BCUT2D eigenvalue weighted by Gasteiger charge is 2.36. The zero-order valence-electron chi connectivity index (χ0n) is 17.0. The molecule has 2 aromatic carbocycles. The van der Waals surface area contributed by atoms with Crippen molar-refractivity contribution in [3.05, 3.63) is 77.0 Å². The van der Waals surface area contributed by atoms with Crippen LogP contribution in [-0.2, 0) is 4.79 Å². The maximum absolute atomic E-state index is 13.3. The van der Waals surface area contributed by atoms with Crippen molar-refractivity contribution in [1.82, 2.24) is 4.68 Å². The van der Waals surface area contributed by atoms with Crippen LogP contribution in [0, 0.1) is 20.8 Å². The monoisotopic (exact) mass is 407 g/mol. The first kappa shape index (κ1) is 19.5. The number of nitrogens with one attached hydrogen (secondary N) is 2. The summed E-state index contributed by atoms with van der Waals surface area (Å²) < 4.78 is 7.34. The number of ether oxygens (including phenoxy) is 1. The van der Waals surface area contributed by atoms with E-state index in [1.807, 2.05) is 48.5 Å². The Morgan fingerprint density at radius 2 is 1.79 bits per heavy atom. The van der Waals surface area contributed by atoms with Gasteiger partial charge in [-0.15, -0.1) is 0 Å². The van der Waals surface area contributed by atoms with E-state index in [2.05, 4.69) is 42.3 Å². The Bertz CT molecular complexity index is 1040. The molecule has 0 fully saturated rings. The molecule has 5 nitrogen and oxygen atoms in total. The molecule has 1 aliphatic heterocycles. The number of methoxy groups -OCH3 is 1. The largest absolute Gasteiger partial charge is 0.497 e. The first-order valence-corrected chi connectivity index (χ1v) is 10.5. The quantitative estimate of drug-likeness (QED) is 0.651. The maximum atomic E-state index is 13.3. The van der Waals surface area contributed by atoms with Crippen LogP contribution < -0.4 is 15.5 Å². The third kappa shape index (κ3) is 3.85. The predicted molar refractivity (Wildman–Crippen MR) is 118 cm³/mol. The third-order valence-electron chi connectivity index (χ3n) is 5.37. The Balaban J connectivity index is 1.65. The van der Waals surface area contributed by atoms with Crippen molar-refractivity contribution in [2.45, 2.75) is 37.1 Å². The van der Waals surface area contributed by atoms with Crippen molar-refractivity contribution in [2.24, 2.45) is 0 Å². The van der Waals surface area contributed by atoms with Gasteiger partial charge in [0, 0.05) is 11.4 Å². The van der Waals surface area contributed by atoms with Crippen molar-refractivity contribution in [2.75, 3.05) is 17.9 Å². The lowest BCUT2D eigenvalue weighted by Gasteiger charge is -2.34. The van der Waals surface area contributed by atoms with Crippen LogP contribution in [-0.4, -0.2) is 22.9 Å². The topological polar surface area (TPSA) is 55.3 Å². The second-order valence-corrected chi connectivity index (χ2v) is 8.52. The molecule has 29 heavy (non-hydrogen) atoms. The molecule has 1 amide bonds. The maximum Gasteiger partial charge on any atom is 0.240 e. The molecule has 0 spiro atoms. The average molecular weight is 408 g/mol. The van der Waals surface area contributed by atoms with Crippen LogP contribution in [0.1, 0.15) is 28.4 Å². The summed E-state index contributed by atoms with van der Waals surface area (Å²) in [5, 5.41) is 3.83. The van der Waals surface area contributed by atoms with Gasteiger partial charge in [0.05, 0.1) is 18.2 Å². The normalized spacial score (nSPS) is 17.9. The lowest BCUT2D eigenvalue weighted by molar-refractivity contribution is -0.116. The van der Waals surface area contributed by atoms with E-state index in [0.717, 1.165) is 33.3 Å². The van der Waals surface area contributed by atoms with Gasteiger partial charge in [-0.25, -0.2) is 0 Å². The number of thioether (sulfide) groups is 1. The summed E-state index contributed by atoms with van der Waals surface area (Å²) in [5.74, 6) is 0.780. The number of rotatable bonds is 4. The van der Waals surface area contributed by atoms with E-state index in [0.29, 0.717) is 0 Å². The van der Waals surface area contributed by atoms with Crippen LogP contribution in [0.15, 0.2) is 59.6 Å². The number of hydrogen-bond acceptors (Lipinski definition) is 4. The van der Waals surface area contributed by atoms with Gasteiger partial charge >= 0.3 is 0 Å². The summed E-state index contributed by atoms with van der Waals surface area (Å²) in [7, 11) is 1.65. The highest BCUT2D eigenvalue weighted by molar-refractivity contribution is 8.00. The second-order valence-electron chi connectivity index (χ2n) is 7.36. The van der Waals surface area contributed by atoms with Crippen molar-refractivity contribution in [3.63, 3.8) is 0 Å². The van der Waals surface area contributed by atoms with Gasteiger partial charge in [0.25, 0.3) is 0 Å². The molecule has 150 valence electrons. The number of carbonyl (C=O) groups is 1. The minimum atomic E-state index is -0.313. The van der Waals surface area contributed by atoms with Crippen molar-refractivity contribution >= 4 is 23.4 Å².